The molecular weight excluding hydrogens is 494 g/mol. The Morgan fingerprint density at radius 1 is 0.897 bits per heavy atom. The molecule has 0 saturated heterocycles. The minimum absolute atomic E-state index is 0.285. The van der Waals surface area contributed by atoms with Gasteiger partial charge in [-0.15, -0.1) is 0 Å². The summed E-state index contributed by atoms with van der Waals surface area (Å²) in [7, 11) is 0. The van der Waals surface area contributed by atoms with Gasteiger partial charge < -0.3 is 24.2 Å². The second-order valence-corrected chi connectivity index (χ2v) is 9.71. The van der Waals surface area contributed by atoms with Crippen molar-refractivity contribution in [2.75, 3.05) is 26.3 Å². The molecule has 1 aliphatic rings. The Kier molecular flexibility index (Phi) is 10.4. The molecule has 7 heteroatoms. The predicted molar refractivity (Wildman–Crippen MR) is 150 cm³/mol. The van der Waals surface area contributed by atoms with E-state index < -0.39 is 12.1 Å². The third-order valence-electron chi connectivity index (χ3n) is 6.89. The molecule has 3 aromatic rings. The first-order chi connectivity index (χ1) is 19.0. The van der Waals surface area contributed by atoms with E-state index in [0.717, 1.165) is 37.7 Å². The minimum atomic E-state index is -0.976. The van der Waals surface area contributed by atoms with Gasteiger partial charge in [-0.1, -0.05) is 48.5 Å². The third kappa shape index (κ3) is 8.58. The summed E-state index contributed by atoms with van der Waals surface area (Å²) in [6, 6.07) is 23.4. The first-order valence-electron chi connectivity index (χ1n) is 13.7. The van der Waals surface area contributed by atoms with Crippen molar-refractivity contribution in [3.8, 4) is 11.5 Å². The highest BCUT2D eigenvalue weighted by atomic mass is 16.6. The van der Waals surface area contributed by atoms with Crippen LogP contribution in [0.2, 0.25) is 0 Å². The highest BCUT2D eigenvalue weighted by molar-refractivity contribution is 5.72. The molecule has 0 aromatic heterocycles. The number of ether oxygens (including phenoxy) is 3. The number of hydrogen-bond acceptors (Lipinski definition) is 5. The number of benzene rings is 3. The van der Waals surface area contributed by atoms with Crippen LogP contribution in [0.15, 0.2) is 72.8 Å². The van der Waals surface area contributed by atoms with E-state index >= 15 is 0 Å². The number of carboxylic acid groups (broad SMARTS) is 1. The van der Waals surface area contributed by atoms with Crippen LogP contribution in [0, 0.1) is 0 Å². The average molecular weight is 532 g/mol. The maximum absolute atomic E-state index is 13.1. The van der Waals surface area contributed by atoms with Crippen LogP contribution < -0.4 is 9.47 Å². The molecule has 3 aromatic carbocycles. The fourth-order valence-electron chi connectivity index (χ4n) is 4.82. The van der Waals surface area contributed by atoms with Crippen LogP contribution in [0.5, 0.6) is 11.5 Å². The van der Waals surface area contributed by atoms with E-state index in [0.29, 0.717) is 37.8 Å². The van der Waals surface area contributed by atoms with Crippen LogP contribution in [-0.2, 0) is 35.2 Å². The number of aryl methyl sites for hydroxylation is 3. The number of rotatable bonds is 14. The Morgan fingerprint density at radius 2 is 1.64 bits per heavy atom. The van der Waals surface area contributed by atoms with Gasteiger partial charge in [0.25, 0.3) is 0 Å². The van der Waals surface area contributed by atoms with E-state index in [-0.39, 0.29) is 12.5 Å². The van der Waals surface area contributed by atoms with Crippen molar-refractivity contribution in [3.05, 3.63) is 95.1 Å². The highest BCUT2D eigenvalue weighted by Crippen LogP contribution is 2.26. The smallest absolute Gasteiger partial charge is 0.415 e. The molecule has 0 aliphatic heterocycles. The van der Waals surface area contributed by atoms with E-state index in [1.807, 2.05) is 54.6 Å². The van der Waals surface area contributed by atoms with Crippen LogP contribution >= 0.6 is 0 Å². The molecule has 1 atom stereocenters. The second-order valence-electron chi connectivity index (χ2n) is 9.71. The summed E-state index contributed by atoms with van der Waals surface area (Å²) in [6.45, 7) is 3.36. The summed E-state index contributed by atoms with van der Waals surface area (Å²) in [5.74, 6) is 0.256. The number of carboxylic acids is 1. The molecular formula is C32H37NO6. The van der Waals surface area contributed by atoms with Crippen molar-refractivity contribution in [1.82, 2.24) is 4.90 Å². The maximum Gasteiger partial charge on any atom is 0.415 e. The summed E-state index contributed by atoms with van der Waals surface area (Å²) in [6.07, 6.45) is 3.96. The van der Waals surface area contributed by atoms with Gasteiger partial charge in [-0.05, 0) is 85.5 Å². The summed E-state index contributed by atoms with van der Waals surface area (Å²) in [5, 5.41) is 9.30. The lowest BCUT2D eigenvalue weighted by Gasteiger charge is -2.22. The molecule has 1 aliphatic carbocycles. The largest absolute Gasteiger partial charge is 0.492 e. The summed E-state index contributed by atoms with van der Waals surface area (Å²) in [5.41, 5.74) is 4.68. The molecule has 0 heterocycles. The molecule has 0 bridgehead atoms. The first-order valence-corrected chi connectivity index (χ1v) is 13.7. The Labute approximate surface area is 230 Å². The van der Waals surface area contributed by atoms with E-state index in [1.54, 1.807) is 11.8 Å². The van der Waals surface area contributed by atoms with Crippen molar-refractivity contribution in [2.45, 2.75) is 51.6 Å². The fraction of sp³-hybridized carbons (Fsp3) is 0.375. The predicted octanol–water partition coefficient (Wildman–Crippen LogP) is 5.72. The average Bonchev–Trinajstić information content (AvgIpc) is 3.41. The molecule has 0 saturated carbocycles. The van der Waals surface area contributed by atoms with E-state index in [1.165, 1.54) is 16.7 Å². The summed E-state index contributed by atoms with van der Waals surface area (Å²) < 4.78 is 17.0. The Hall–Kier alpha value is -3.84. The Bertz CT molecular complexity index is 1210. The van der Waals surface area contributed by atoms with Gasteiger partial charge in [0.2, 0.25) is 0 Å². The van der Waals surface area contributed by atoms with Gasteiger partial charge in [0.1, 0.15) is 18.1 Å². The second kappa shape index (κ2) is 14.4. The molecule has 7 nitrogen and oxygen atoms in total. The SMILES string of the molecule is CCOC(Cc1ccc(OCCN(CCCc2ccccc2)C(=O)Oc2ccc3c(c2)CCC3)cc1)C(=O)O. The van der Waals surface area contributed by atoms with Gasteiger partial charge in [-0.25, -0.2) is 9.59 Å². The Morgan fingerprint density at radius 3 is 2.38 bits per heavy atom. The first kappa shape index (κ1) is 28.2. The molecule has 39 heavy (non-hydrogen) atoms. The number of hydrogen-bond donors (Lipinski definition) is 1. The quantitative estimate of drug-likeness (QED) is 0.286. The van der Waals surface area contributed by atoms with Crippen molar-refractivity contribution < 1.29 is 28.9 Å². The highest BCUT2D eigenvalue weighted by Gasteiger charge is 2.19. The number of amides is 1. The van der Waals surface area contributed by atoms with Gasteiger partial charge in [0.15, 0.2) is 6.10 Å². The van der Waals surface area contributed by atoms with Crippen LogP contribution in [0.3, 0.4) is 0 Å². The standard InChI is InChI=1S/C32H37NO6/c1-2-37-30(31(34)35)22-25-13-16-28(17-14-25)38-21-20-33(19-7-10-24-8-4-3-5-9-24)32(36)39-29-18-15-26-11-6-12-27(26)23-29/h3-5,8-9,13-18,23,30H,2,6-7,10-12,19-22H2,1H3,(H,34,35). The lowest BCUT2D eigenvalue weighted by Crippen LogP contribution is -2.37. The van der Waals surface area contributed by atoms with Crippen LogP contribution in [0.4, 0.5) is 4.79 Å². The van der Waals surface area contributed by atoms with Crippen LogP contribution in [0.25, 0.3) is 0 Å². The van der Waals surface area contributed by atoms with Crippen LogP contribution in [-0.4, -0.2) is 54.5 Å². The lowest BCUT2D eigenvalue weighted by molar-refractivity contribution is -0.149. The number of carbonyl (C=O) groups is 2. The molecule has 206 valence electrons. The number of fused-ring (bicyclic) bond motifs is 1. The van der Waals surface area contributed by atoms with Crippen LogP contribution in [0.1, 0.15) is 42.0 Å². The zero-order valence-electron chi connectivity index (χ0n) is 22.5. The topological polar surface area (TPSA) is 85.3 Å². The van der Waals surface area contributed by atoms with Gasteiger partial charge in [-0.2, -0.15) is 0 Å². The van der Waals surface area contributed by atoms with Gasteiger partial charge in [0, 0.05) is 19.6 Å². The third-order valence-corrected chi connectivity index (χ3v) is 6.89. The van der Waals surface area contributed by atoms with Crippen molar-refractivity contribution in [3.63, 3.8) is 0 Å². The van der Waals surface area contributed by atoms with Gasteiger partial charge >= 0.3 is 12.1 Å². The number of nitrogens with zero attached hydrogens (tertiary/aromatic N) is 1. The van der Waals surface area contributed by atoms with E-state index in [4.69, 9.17) is 14.2 Å². The number of carbonyl (C=O) groups excluding carboxylic acids is 1. The minimum Gasteiger partial charge on any atom is -0.492 e. The molecule has 4 rings (SSSR count). The van der Waals surface area contributed by atoms with Crippen molar-refractivity contribution >= 4 is 12.1 Å². The maximum atomic E-state index is 13.1. The molecule has 0 fully saturated rings. The summed E-state index contributed by atoms with van der Waals surface area (Å²) >= 11 is 0. The van der Waals surface area contributed by atoms with E-state index in [9.17, 15) is 14.7 Å². The van der Waals surface area contributed by atoms with E-state index in [2.05, 4.69) is 18.2 Å². The normalized spacial score (nSPS) is 12.9. The van der Waals surface area contributed by atoms with Gasteiger partial charge in [0.05, 0.1) is 6.54 Å². The lowest BCUT2D eigenvalue weighted by atomic mass is 10.1. The zero-order chi connectivity index (χ0) is 27.5. The van der Waals surface area contributed by atoms with Crippen molar-refractivity contribution in [1.29, 1.82) is 0 Å². The fourth-order valence-corrected chi connectivity index (χ4v) is 4.82. The molecule has 0 spiro atoms. The molecule has 1 N–H and O–H groups in total. The van der Waals surface area contributed by atoms with Crippen molar-refractivity contribution in [2.24, 2.45) is 0 Å². The van der Waals surface area contributed by atoms with Gasteiger partial charge in [-0.3, -0.25) is 0 Å². The molecule has 0 radical (unpaired) electrons. The molecule has 1 unspecified atom stereocenters. The monoisotopic (exact) mass is 531 g/mol. The number of aliphatic carboxylic acids is 1. The summed E-state index contributed by atoms with van der Waals surface area (Å²) in [4.78, 5) is 26.2. The zero-order valence-corrected chi connectivity index (χ0v) is 22.5. The molecule has 1 amide bonds. The Balaban J connectivity index is 1.32.